The minimum absolute atomic E-state index is 0.198. The van der Waals surface area contributed by atoms with Crippen molar-refractivity contribution in [3.05, 3.63) is 66.2 Å². The van der Waals surface area contributed by atoms with Gasteiger partial charge in [0.15, 0.2) is 24.0 Å². The van der Waals surface area contributed by atoms with Crippen LogP contribution in [-0.2, 0) is 19.0 Å². The number of likely N-dealkylation sites (tertiary alicyclic amines) is 1. The van der Waals surface area contributed by atoms with Gasteiger partial charge >= 0.3 is 0 Å². The van der Waals surface area contributed by atoms with Gasteiger partial charge in [0.2, 0.25) is 6.10 Å². The van der Waals surface area contributed by atoms with Crippen LogP contribution in [0.5, 0.6) is 11.5 Å². The second-order valence-corrected chi connectivity index (χ2v) is 9.39. The van der Waals surface area contributed by atoms with E-state index in [0.29, 0.717) is 17.9 Å². The molecule has 9 nitrogen and oxygen atoms in total. The lowest BCUT2D eigenvalue weighted by Gasteiger charge is -2.54. The fourth-order valence-corrected chi connectivity index (χ4v) is 5.00. The number of fused-ring (bicyclic) bond motifs is 1. The first-order valence-electron chi connectivity index (χ1n) is 12.7. The molecule has 2 N–H and O–H groups in total. The number of para-hydroxylation sites is 2. The maximum atomic E-state index is 13.4. The maximum Gasteiger partial charge on any atom is 0.268 e. The number of nitrogens with zero attached hydrogens (tertiary/aromatic N) is 1. The fraction of sp³-hybridized carbons (Fsp3) is 0.464. The molecule has 3 saturated heterocycles. The smallest absolute Gasteiger partial charge is 0.268 e. The van der Waals surface area contributed by atoms with Crippen LogP contribution in [0.4, 0.5) is 0 Å². The van der Waals surface area contributed by atoms with Gasteiger partial charge in [-0.1, -0.05) is 68.0 Å². The number of benzene rings is 2. The second-order valence-electron chi connectivity index (χ2n) is 9.39. The van der Waals surface area contributed by atoms with Gasteiger partial charge in [-0.2, -0.15) is 0 Å². The Morgan fingerprint density at radius 1 is 1.03 bits per heavy atom. The van der Waals surface area contributed by atoms with Gasteiger partial charge in [-0.05, 0) is 24.1 Å². The Labute approximate surface area is 216 Å². The maximum absolute atomic E-state index is 13.4. The van der Waals surface area contributed by atoms with Gasteiger partial charge < -0.3 is 38.8 Å². The molecule has 0 aliphatic carbocycles. The van der Waals surface area contributed by atoms with E-state index in [-0.39, 0.29) is 12.5 Å². The molecular weight excluding hydrogens is 478 g/mol. The molecule has 2 aromatic rings. The van der Waals surface area contributed by atoms with Gasteiger partial charge in [0.1, 0.15) is 24.4 Å². The first-order chi connectivity index (χ1) is 18.0. The topological polar surface area (TPSA) is 107 Å². The first kappa shape index (κ1) is 25.7. The third-order valence-electron chi connectivity index (χ3n) is 6.95. The molecule has 1 amide bonds. The van der Waals surface area contributed by atoms with Crippen LogP contribution >= 0.6 is 0 Å². The summed E-state index contributed by atoms with van der Waals surface area (Å²) in [4.78, 5) is 14.8. The summed E-state index contributed by atoms with van der Waals surface area (Å²) >= 11 is 0. The lowest BCUT2D eigenvalue weighted by atomic mass is 9.90. The number of aliphatic hydroxyl groups is 2. The molecule has 37 heavy (non-hydrogen) atoms. The van der Waals surface area contributed by atoms with Crippen LogP contribution in [0.1, 0.15) is 25.3 Å². The third kappa shape index (κ3) is 5.10. The predicted molar refractivity (Wildman–Crippen MR) is 134 cm³/mol. The molecule has 0 unspecified atom stereocenters. The molecule has 0 saturated carbocycles. The largest absolute Gasteiger partial charge is 0.493 e. The molecule has 3 heterocycles. The van der Waals surface area contributed by atoms with Crippen molar-refractivity contribution < 1.29 is 38.7 Å². The van der Waals surface area contributed by atoms with Crippen LogP contribution < -0.4 is 9.47 Å². The standard InChI is InChI=1S/C28H33NO8/c1-3-9-22-34-16-21-26(37-22)23(30)24(31)28(36-21)29-18(15-14-17-10-5-4-6-11-17)25(27(29)32)35-20-13-8-7-12-19(20)33-2/h4-8,10-15,18,21-26,28,30-31H,3,9,16H2,1-2H3/b15-14+/t18-,21+,22+,23+,24+,25+,26+,28+/m0/s1. The van der Waals surface area contributed by atoms with E-state index in [1.54, 1.807) is 18.2 Å². The third-order valence-corrected chi connectivity index (χ3v) is 6.95. The highest BCUT2D eigenvalue weighted by Gasteiger charge is 2.58. The zero-order valence-electron chi connectivity index (χ0n) is 20.9. The highest BCUT2D eigenvalue weighted by atomic mass is 16.7. The van der Waals surface area contributed by atoms with Gasteiger partial charge in [0, 0.05) is 0 Å². The fourth-order valence-electron chi connectivity index (χ4n) is 5.00. The lowest BCUT2D eigenvalue weighted by Crippen LogP contribution is -2.75. The number of ether oxygens (including phenoxy) is 5. The molecule has 198 valence electrons. The van der Waals surface area contributed by atoms with E-state index in [4.69, 9.17) is 23.7 Å². The SMILES string of the molecule is CCC[C@@H]1OC[C@H]2O[C@@H](N3C(=O)[C@H](Oc4ccccc4OC)[C@@H]3/C=C/c3ccccc3)[C@H](O)[C@@H](O)[C@@H]2O1. The van der Waals surface area contributed by atoms with Crippen molar-refractivity contribution in [1.29, 1.82) is 0 Å². The number of rotatable bonds is 8. The average molecular weight is 512 g/mol. The van der Waals surface area contributed by atoms with Crippen molar-refractivity contribution in [2.24, 2.45) is 0 Å². The Balaban J connectivity index is 1.39. The Kier molecular flexibility index (Phi) is 7.78. The van der Waals surface area contributed by atoms with Gasteiger partial charge in [-0.25, -0.2) is 0 Å². The molecular formula is C28H33NO8. The van der Waals surface area contributed by atoms with Crippen molar-refractivity contribution in [2.45, 2.75) is 68.8 Å². The van der Waals surface area contributed by atoms with Crippen molar-refractivity contribution in [1.82, 2.24) is 4.90 Å². The molecule has 2 aromatic carbocycles. The normalized spacial score (nSPS) is 33.6. The first-order valence-corrected chi connectivity index (χ1v) is 12.7. The molecule has 5 rings (SSSR count). The minimum Gasteiger partial charge on any atom is -0.493 e. The monoisotopic (exact) mass is 511 g/mol. The van der Waals surface area contributed by atoms with E-state index in [9.17, 15) is 15.0 Å². The van der Waals surface area contributed by atoms with Crippen LogP contribution in [0.3, 0.4) is 0 Å². The number of amides is 1. The van der Waals surface area contributed by atoms with Crippen molar-refractivity contribution in [2.75, 3.05) is 13.7 Å². The number of carbonyl (C=O) groups excluding carboxylic acids is 1. The zero-order valence-corrected chi connectivity index (χ0v) is 20.9. The van der Waals surface area contributed by atoms with Gasteiger partial charge in [0.05, 0.1) is 19.8 Å². The van der Waals surface area contributed by atoms with E-state index in [1.807, 2.05) is 55.5 Å². The summed E-state index contributed by atoms with van der Waals surface area (Å²) in [5.74, 6) is 0.567. The van der Waals surface area contributed by atoms with Crippen molar-refractivity contribution in [3.8, 4) is 11.5 Å². The number of aliphatic hydroxyl groups excluding tert-OH is 2. The number of β-lactam (4-membered cyclic amide) rings is 1. The van der Waals surface area contributed by atoms with Crippen molar-refractivity contribution in [3.63, 3.8) is 0 Å². The Bertz CT molecular complexity index is 1090. The van der Waals surface area contributed by atoms with Crippen LogP contribution in [-0.4, -0.2) is 83.8 Å². The summed E-state index contributed by atoms with van der Waals surface area (Å²) in [6.45, 7) is 2.21. The molecule has 3 aliphatic heterocycles. The van der Waals surface area contributed by atoms with Gasteiger partial charge in [-0.15, -0.1) is 0 Å². The summed E-state index contributed by atoms with van der Waals surface area (Å²) in [6.07, 6.45) is -1.14. The quantitative estimate of drug-likeness (QED) is 0.521. The highest BCUT2D eigenvalue weighted by Crippen LogP contribution is 2.38. The predicted octanol–water partition coefficient (Wildman–Crippen LogP) is 2.36. The highest BCUT2D eigenvalue weighted by molar-refractivity contribution is 5.90. The van der Waals surface area contributed by atoms with E-state index in [1.165, 1.54) is 12.0 Å². The number of hydrogen-bond donors (Lipinski definition) is 2. The lowest BCUT2D eigenvalue weighted by molar-refractivity contribution is -0.344. The summed E-state index contributed by atoms with van der Waals surface area (Å²) < 4.78 is 29.2. The van der Waals surface area contributed by atoms with Crippen LogP contribution in [0, 0.1) is 0 Å². The summed E-state index contributed by atoms with van der Waals surface area (Å²) in [6, 6.07) is 16.2. The van der Waals surface area contributed by atoms with E-state index in [0.717, 1.165) is 12.0 Å². The number of carbonyl (C=O) groups is 1. The summed E-state index contributed by atoms with van der Waals surface area (Å²) in [5.41, 5.74) is 0.944. The van der Waals surface area contributed by atoms with Crippen LogP contribution in [0.25, 0.3) is 6.08 Å². The molecule has 0 spiro atoms. The molecule has 0 bridgehead atoms. The Morgan fingerprint density at radius 3 is 2.49 bits per heavy atom. The van der Waals surface area contributed by atoms with Crippen LogP contribution in [0.15, 0.2) is 60.7 Å². The molecule has 3 fully saturated rings. The molecule has 8 atom stereocenters. The van der Waals surface area contributed by atoms with E-state index in [2.05, 4.69) is 0 Å². The van der Waals surface area contributed by atoms with Crippen molar-refractivity contribution >= 4 is 12.0 Å². The molecule has 9 heteroatoms. The molecule has 0 radical (unpaired) electrons. The Hall–Kier alpha value is -2.95. The Morgan fingerprint density at radius 2 is 1.76 bits per heavy atom. The number of hydrogen-bond acceptors (Lipinski definition) is 8. The molecule has 3 aliphatic rings. The summed E-state index contributed by atoms with van der Waals surface area (Å²) in [7, 11) is 1.54. The minimum atomic E-state index is -1.37. The zero-order chi connectivity index (χ0) is 25.9. The van der Waals surface area contributed by atoms with Gasteiger partial charge in [-0.3, -0.25) is 4.79 Å². The van der Waals surface area contributed by atoms with E-state index >= 15 is 0 Å². The van der Waals surface area contributed by atoms with Gasteiger partial charge in [0.25, 0.3) is 5.91 Å². The second kappa shape index (κ2) is 11.2. The summed E-state index contributed by atoms with van der Waals surface area (Å²) in [5, 5.41) is 22.0. The van der Waals surface area contributed by atoms with Crippen LogP contribution in [0.2, 0.25) is 0 Å². The number of methoxy groups -OCH3 is 1. The average Bonchev–Trinajstić information content (AvgIpc) is 2.93. The van der Waals surface area contributed by atoms with E-state index < -0.39 is 49.1 Å². The molecule has 0 aromatic heterocycles.